The van der Waals surface area contributed by atoms with Crippen LogP contribution in [0.2, 0.25) is 5.02 Å². The summed E-state index contributed by atoms with van der Waals surface area (Å²) in [7, 11) is 0. The average Bonchev–Trinajstić information content (AvgIpc) is 2.64. The minimum Gasteiger partial charge on any atom is -0.325 e. The zero-order valence-corrected chi connectivity index (χ0v) is 16.3. The number of nitrogens with one attached hydrogen (secondary N) is 1. The van der Waals surface area contributed by atoms with Gasteiger partial charge in [0.15, 0.2) is 0 Å². The van der Waals surface area contributed by atoms with E-state index in [-0.39, 0.29) is 5.91 Å². The topological polar surface area (TPSA) is 29.1 Å². The van der Waals surface area contributed by atoms with Crippen LogP contribution in [0, 0.1) is 0 Å². The molecule has 3 aromatic carbocycles. The van der Waals surface area contributed by atoms with Crippen molar-refractivity contribution in [3.8, 4) is 22.3 Å². The molecule has 132 valence electrons. The highest BCUT2D eigenvalue weighted by Gasteiger charge is 2.17. The van der Waals surface area contributed by atoms with Crippen LogP contribution in [0.15, 0.2) is 71.6 Å². The summed E-state index contributed by atoms with van der Waals surface area (Å²) >= 11 is 7.80. The first-order chi connectivity index (χ1) is 12.6. The molecule has 2 nitrogen and oxygen atoms in total. The normalized spacial score (nSPS) is 10.6. The molecule has 3 rings (SSSR count). The van der Waals surface area contributed by atoms with Crippen molar-refractivity contribution in [2.45, 2.75) is 18.7 Å². The van der Waals surface area contributed by atoms with Crippen LogP contribution in [0.25, 0.3) is 22.3 Å². The van der Waals surface area contributed by atoms with Crippen LogP contribution in [-0.4, -0.2) is 11.7 Å². The number of halogens is 1. The summed E-state index contributed by atoms with van der Waals surface area (Å²) in [5, 5.41) is 3.69. The van der Waals surface area contributed by atoms with Gasteiger partial charge in [-0.3, -0.25) is 4.79 Å². The molecule has 0 unspecified atom stereocenters. The molecule has 0 aliphatic carbocycles. The van der Waals surface area contributed by atoms with Gasteiger partial charge in [0.2, 0.25) is 5.91 Å². The minimum atomic E-state index is -0.0683. The number of benzene rings is 3. The molecule has 0 spiro atoms. The second-order valence-corrected chi connectivity index (χ2v) is 7.56. The maximum absolute atomic E-state index is 11.7. The van der Waals surface area contributed by atoms with Crippen molar-refractivity contribution in [3.63, 3.8) is 0 Å². The van der Waals surface area contributed by atoms with Gasteiger partial charge in [-0.2, -0.15) is 0 Å². The van der Waals surface area contributed by atoms with E-state index in [1.807, 2.05) is 48.5 Å². The first kappa shape index (κ1) is 18.6. The molecule has 4 heteroatoms. The summed E-state index contributed by atoms with van der Waals surface area (Å²) in [6, 6.07) is 22.2. The van der Waals surface area contributed by atoms with Gasteiger partial charge in [0.1, 0.15) is 0 Å². The van der Waals surface area contributed by atoms with Crippen molar-refractivity contribution in [1.29, 1.82) is 0 Å². The van der Waals surface area contributed by atoms with Crippen LogP contribution in [-0.2, 0) is 4.79 Å². The summed E-state index contributed by atoms with van der Waals surface area (Å²) in [5.74, 6) is 0.845. The molecule has 0 heterocycles. The Balaban J connectivity index is 2.28. The van der Waals surface area contributed by atoms with Gasteiger partial charge in [0, 0.05) is 22.4 Å². The monoisotopic (exact) mass is 381 g/mol. The first-order valence-electron chi connectivity index (χ1n) is 8.49. The molecule has 3 aromatic rings. The van der Waals surface area contributed by atoms with E-state index >= 15 is 0 Å². The van der Waals surface area contributed by atoms with Crippen molar-refractivity contribution in [3.05, 3.63) is 71.8 Å². The Morgan fingerprint density at radius 1 is 0.962 bits per heavy atom. The third-order valence-corrected chi connectivity index (χ3v) is 5.23. The number of hydrogen-bond acceptors (Lipinski definition) is 2. The lowest BCUT2D eigenvalue weighted by atomic mass is 9.94. The minimum absolute atomic E-state index is 0.0683. The van der Waals surface area contributed by atoms with E-state index in [1.165, 1.54) is 6.92 Å². The van der Waals surface area contributed by atoms with Crippen molar-refractivity contribution in [1.82, 2.24) is 0 Å². The quantitative estimate of drug-likeness (QED) is 0.495. The molecule has 0 radical (unpaired) electrons. The molecule has 0 aromatic heterocycles. The summed E-state index contributed by atoms with van der Waals surface area (Å²) in [6.07, 6.45) is 0. The Morgan fingerprint density at radius 2 is 1.65 bits per heavy atom. The highest BCUT2D eigenvalue weighted by Crippen LogP contribution is 2.43. The van der Waals surface area contributed by atoms with Crippen LogP contribution in [0.1, 0.15) is 13.8 Å². The lowest BCUT2D eigenvalue weighted by Gasteiger charge is -2.19. The fourth-order valence-electron chi connectivity index (χ4n) is 2.93. The largest absolute Gasteiger partial charge is 0.325 e. The van der Waals surface area contributed by atoms with Crippen molar-refractivity contribution in [2.75, 3.05) is 11.1 Å². The maximum Gasteiger partial charge on any atom is 0.221 e. The predicted molar refractivity (Wildman–Crippen MR) is 113 cm³/mol. The number of hydrogen-bond donors (Lipinski definition) is 1. The first-order valence-corrected chi connectivity index (χ1v) is 9.85. The number of carbonyl (C=O) groups excluding carboxylic acids is 1. The molecule has 0 aliphatic heterocycles. The molecule has 0 saturated heterocycles. The zero-order valence-electron chi connectivity index (χ0n) is 14.8. The molecule has 0 aliphatic rings. The molecular formula is C22H20ClNOS. The Kier molecular flexibility index (Phi) is 6.02. The second kappa shape index (κ2) is 8.43. The number of carbonyl (C=O) groups is 1. The van der Waals surface area contributed by atoms with E-state index in [0.29, 0.717) is 5.02 Å². The third kappa shape index (κ3) is 4.12. The van der Waals surface area contributed by atoms with Crippen LogP contribution >= 0.6 is 23.4 Å². The van der Waals surface area contributed by atoms with Gasteiger partial charge >= 0.3 is 0 Å². The fraction of sp³-hybridized carbons (Fsp3) is 0.136. The molecule has 0 atom stereocenters. The van der Waals surface area contributed by atoms with Crippen LogP contribution in [0.3, 0.4) is 0 Å². The highest BCUT2D eigenvalue weighted by atomic mass is 35.5. The smallest absolute Gasteiger partial charge is 0.221 e. The maximum atomic E-state index is 11.7. The van der Waals surface area contributed by atoms with E-state index in [0.717, 1.165) is 38.6 Å². The second-order valence-electron chi connectivity index (χ2n) is 5.85. The summed E-state index contributed by atoms with van der Waals surface area (Å²) in [4.78, 5) is 12.8. The van der Waals surface area contributed by atoms with Gasteiger partial charge in [-0.05, 0) is 40.6 Å². The van der Waals surface area contributed by atoms with Crippen LogP contribution < -0.4 is 5.32 Å². The summed E-state index contributed by atoms with van der Waals surface area (Å²) in [6.45, 7) is 3.65. The molecule has 26 heavy (non-hydrogen) atoms. The lowest BCUT2D eigenvalue weighted by Crippen LogP contribution is -2.07. The molecule has 0 bridgehead atoms. The zero-order chi connectivity index (χ0) is 18.5. The van der Waals surface area contributed by atoms with Crippen molar-refractivity contribution < 1.29 is 4.79 Å². The lowest BCUT2D eigenvalue weighted by molar-refractivity contribution is -0.114. The van der Waals surface area contributed by atoms with E-state index in [9.17, 15) is 4.79 Å². The van der Waals surface area contributed by atoms with Gasteiger partial charge in [-0.25, -0.2) is 0 Å². The number of thioether (sulfide) groups is 1. The number of rotatable bonds is 5. The number of anilines is 1. The van der Waals surface area contributed by atoms with E-state index in [1.54, 1.807) is 11.8 Å². The van der Waals surface area contributed by atoms with Gasteiger partial charge in [0.05, 0.1) is 5.69 Å². The van der Waals surface area contributed by atoms with E-state index < -0.39 is 0 Å². The summed E-state index contributed by atoms with van der Waals surface area (Å²) < 4.78 is 0. The van der Waals surface area contributed by atoms with Gasteiger partial charge < -0.3 is 5.32 Å². The Morgan fingerprint density at radius 3 is 2.27 bits per heavy atom. The Hall–Kier alpha value is -2.23. The van der Waals surface area contributed by atoms with Gasteiger partial charge in [-0.15, -0.1) is 11.8 Å². The molecular weight excluding hydrogens is 362 g/mol. The molecule has 0 fully saturated rings. The average molecular weight is 382 g/mol. The number of amides is 1. The van der Waals surface area contributed by atoms with E-state index in [4.69, 9.17) is 11.6 Å². The van der Waals surface area contributed by atoms with Crippen LogP contribution in [0.5, 0.6) is 0 Å². The SMILES string of the molecule is CCSc1c(NC(C)=O)ccc(-c2ccc(Cl)cc2)c1-c1ccccc1. The van der Waals surface area contributed by atoms with Gasteiger partial charge in [-0.1, -0.05) is 67.1 Å². The van der Waals surface area contributed by atoms with Crippen molar-refractivity contribution in [2.24, 2.45) is 0 Å². The van der Waals surface area contributed by atoms with Crippen LogP contribution in [0.4, 0.5) is 5.69 Å². The predicted octanol–water partition coefficient (Wildman–Crippen LogP) is 6.74. The molecule has 1 N–H and O–H groups in total. The fourth-order valence-corrected chi connectivity index (χ4v) is 3.99. The molecule has 1 amide bonds. The van der Waals surface area contributed by atoms with Crippen molar-refractivity contribution >= 4 is 35.0 Å². The highest BCUT2D eigenvalue weighted by molar-refractivity contribution is 7.99. The van der Waals surface area contributed by atoms with Gasteiger partial charge in [0.25, 0.3) is 0 Å². The summed E-state index contributed by atoms with van der Waals surface area (Å²) in [5.41, 5.74) is 5.33. The third-order valence-electron chi connectivity index (χ3n) is 3.97. The molecule has 0 saturated carbocycles. The Bertz CT molecular complexity index is 907. The standard InChI is InChI=1S/C22H20ClNOS/c1-3-26-22-20(24-15(2)25)14-13-19(16-9-11-18(23)12-10-16)21(22)17-7-5-4-6-8-17/h4-14H,3H2,1-2H3,(H,24,25). The Labute approximate surface area is 163 Å². The van der Waals surface area contributed by atoms with E-state index in [2.05, 4.69) is 30.4 Å².